The lowest BCUT2D eigenvalue weighted by atomic mass is 10.1. The molecule has 4 rings (SSSR count). The van der Waals surface area contributed by atoms with Gasteiger partial charge in [-0.3, -0.25) is 18.7 Å². The smallest absolute Gasteiger partial charge is 0.333 e. The van der Waals surface area contributed by atoms with Gasteiger partial charge in [-0.1, -0.05) is 30.3 Å². The lowest BCUT2D eigenvalue weighted by molar-refractivity contribution is -0.146. The number of esters is 1. The number of nitrogens with one attached hydrogen (secondary N) is 1. The highest BCUT2D eigenvalue weighted by Gasteiger charge is 2.26. The number of aromatic nitrogens is 4. The fourth-order valence-electron chi connectivity index (χ4n) is 3.43. The summed E-state index contributed by atoms with van der Waals surface area (Å²) in [6, 6.07) is 10.7. The van der Waals surface area contributed by atoms with Crippen LogP contribution >= 0.6 is 0 Å². The largest absolute Gasteiger partial charge is 0.462 e. The minimum atomic E-state index is -1.06. The molecule has 0 radical (unpaired) electrons. The Hall–Kier alpha value is -4.41. The molecule has 0 aliphatic rings. The Morgan fingerprint density at radius 2 is 1.85 bits per heavy atom. The Bertz CT molecular complexity index is 1420. The van der Waals surface area contributed by atoms with E-state index in [-0.39, 0.29) is 30.1 Å². The highest BCUT2D eigenvalue weighted by molar-refractivity contribution is 5.94. The van der Waals surface area contributed by atoms with Crippen LogP contribution in [0, 0.1) is 0 Å². The average Bonchev–Trinajstić information content (AvgIpc) is 3.51. The van der Waals surface area contributed by atoms with Crippen LogP contribution in [-0.2, 0) is 30.2 Å². The zero-order valence-electron chi connectivity index (χ0n) is 17.9. The number of rotatable bonds is 7. The third-order valence-corrected chi connectivity index (χ3v) is 5.18. The van der Waals surface area contributed by atoms with Crippen LogP contribution in [0.15, 0.2) is 69.1 Å². The number of amides is 1. The number of hydrogen-bond donors (Lipinski definition) is 1. The number of carbonyl (C=O) groups excluding carboxylic acids is 2. The molecule has 0 fully saturated rings. The number of ether oxygens (including phenoxy) is 1. The molecule has 0 saturated carbocycles. The minimum Gasteiger partial charge on any atom is -0.462 e. The maximum absolute atomic E-state index is 12.9. The highest BCUT2D eigenvalue weighted by Crippen LogP contribution is 2.16. The summed E-state index contributed by atoms with van der Waals surface area (Å²) >= 11 is 0. The molecule has 0 bridgehead atoms. The Balaban J connectivity index is 1.51. The van der Waals surface area contributed by atoms with E-state index in [4.69, 9.17) is 9.15 Å². The van der Waals surface area contributed by atoms with Crippen LogP contribution in [-0.4, -0.2) is 37.2 Å². The minimum absolute atomic E-state index is 0.0649. The van der Waals surface area contributed by atoms with E-state index >= 15 is 0 Å². The summed E-state index contributed by atoms with van der Waals surface area (Å²) in [6.45, 7) is 0.0412. The van der Waals surface area contributed by atoms with Crippen LogP contribution in [0.5, 0.6) is 0 Å². The second-order valence-electron chi connectivity index (χ2n) is 7.28. The molecule has 1 unspecified atom stereocenters. The van der Waals surface area contributed by atoms with Gasteiger partial charge in [0, 0.05) is 14.1 Å². The number of hydrogen-bond acceptors (Lipinski definition) is 7. The first kappa shape index (κ1) is 21.8. The zero-order valence-corrected chi connectivity index (χ0v) is 17.9. The molecule has 1 atom stereocenters. The normalized spacial score (nSPS) is 11.9. The maximum atomic E-state index is 12.9. The van der Waals surface area contributed by atoms with Crippen LogP contribution in [0.4, 0.5) is 0 Å². The molecular formula is C22H21N5O6. The number of fused-ring (bicyclic) bond motifs is 1. The molecule has 11 nitrogen and oxygen atoms in total. The summed E-state index contributed by atoms with van der Waals surface area (Å²) in [5.41, 5.74) is 0.0232. The monoisotopic (exact) mass is 451 g/mol. The first-order valence-electron chi connectivity index (χ1n) is 10.0. The predicted molar refractivity (Wildman–Crippen MR) is 117 cm³/mol. The highest BCUT2D eigenvalue weighted by atomic mass is 16.5. The lowest BCUT2D eigenvalue weighted by Gasteiger charge is -2.17. The second kappa shape index (κ2) is 8.99. The molecule has 3 heterocycles. The van der Waals surface area contributed by atoms with Gasteiger partial charge in [0.05, 0.1) is 19.1 Å². The van der Waals surface area contributed by atoms with Crippen molar-refractivity contribution in [2.24, 2.45) is 14.1 Å². The standard InChI is InChI=1S/C22H21N5O6/c1-25-18-17(20(29)26(2)22(25)31)27(13-23-18)10-12-33-21(30)16(14-7-4-3-5-8-14)24-19(28)15-9-6-11-32-15/h3-9,11,13,16H,10,12H2,1-2H3,(H,24,28). The average molecular weight is 451 g/mol. The van der Waals surface area contributed by atoms with Crippen molar-refractivity contribution >= 4 is 23.0 Å². The van der Waals surface area contributed by atoms with E-state index in [1.807, 2.05) is 0 Å². The Morgan fingerprint density at radius 1 is 1.09 bits per heavy atom. The third-order valence-electron chi connectivity index (χ3n) is 5.18. The van der Waals surface area contributed by atoms with E-state index in [2.05, 4.69) is 10.3 Å². The topological polar surface area (TPSA) is 130 Å². The molecule has 11 heteroatoms. The van der Waals surface area contributed by atoms with Gasteiger partial charge in [0.1, 0.15) is 6.61 Å². The van der Waals surface area contributed by atoms with Crippen molar-refractivity contribution in [2.75, 3.05) is 6.61 Å². The molecule has 1 N–H and O–H groups in total. The molecular weight excluding hydrogens is 430 g/mol. The molecule has 1 amide bonds. The third kappa shape index (κ3) is 4.20. The molecule has 4 aromatic rings. The first-order valence-corrected chi connectivity index (χ1v) is 10.0. The van der Waals surface area contributed by atoms with E-state index in [9.17, 15) is 19.2 Å². The van der Waals surface area contributed by atoms with E-state index in [0.717, 1.165) is 4.57 Å². The summed E-state index contributed by atoms with van der Waals surface area (Å²) in [5.74, 6) is -1.17. The Labute approximate surface area is 186 Å². The van der Waals surface area contributed by atoms with Crippen molar-refractivity contribution in [1.82, 2.24) is 24.0 Å². The fourth-order valence-corrected chi connectivity index (χ4v) is 3.43. The molecule has 33 heavy (non-hydrogen) atoms. The van der Waals surface area contributed by atoms with Crippen molar-refractivity contribution in [3.05, 3.63) is 87.2 Å². The van der Waals surface area contributed by atoms with Gasteiger partial charge in [0.25, 0.3) is 11.5 Å². The van der Waals surface area contributed by atoms with E-state index in [1.165, 1.54) is 41.9 Å². The number of nitrogens with zero attached hydrogens (tertiary/aromatic N) is 4. The predicted octanol–water partition coefficient (Wildman–Crippen LogP) is 0.741. The van der Waals surface area contributed by atoms with Crippen LogP contribution in [0.25, 0.3) is 11.2 Å². The Kier molecular flexibility index (Phi) is 5.94. The zero-order chi connectivity index (χ0) is 23.5. The number of furan rings is 1. The fraction of sp³-hybridized carbons (Fsp3) is 0.227. The van der Waals surface area contributed by atoms with E-state index in [1.54, 1.807) is 36.4 Å². The summed E-state index contributed by atoms with van der Waals surface area (Å²) in [6.07, 6.45) is 2.77. The molecule has 0 aliphatic carbocycles. The van der Waals surface area contributed by atoms with Crippen molar-refractivity contribution < 1.29 is 18.7 Å². The summed E-state index contributed by atoms with van der Waals surface area (Å²) < 4.78 is 14.3. The van der Waals surface area contributed by atoms with Gasteiger partial charge in [0.2, 0.25) is 0 Å². The van der Waals surface area contributed by atoms with Crippen molar-refractivity contribution in [3.63, 3.8) is 0 Å². The van der Waals surface area contributed by atoms with Gasteiger partial charge in [0.15, 0.2) is 23.0 Å². The molecule has 0 spiro atoms. The SMILES string of the molecule is Cn1c(=O)c2c(ncn2CCOC(=O)C(NC(=O)c2ccco2)c2ccccc2)n(C)c1=O. The van der Waals surface area contributed by atoms with Gasteiger partial charge in [-0.05, 0) is 17.7 Å². The van der Waals surface area contributed by atoms with Gasteiger partial charge < -0.3 is 19.0 Å². The molecule has 170 valence electrons. The van der Waals surface area contributed by atoms with Gasteiger partial charge in [-0.2, -0.15) is 0 Å². The van der Waals surface area contributed by atoms with E-state index in [0.29, 0.717) is 5.56 Å². The van der Waals surface area contributed by atoms with Gasteiger partial charge in [-0.15, -0.1) is 0 Å². The van der Waals surface area contributed by atoms with Gasteiger partial charge in [-0.25, -0.2) is 14.6 Å². The molecule has 0 saturated heterocycles. The van der Waals surface area contributed by atoms with Crippen LogP contribution in [0.1, 0.15) is 22.2 Å². The maximum Gasteiger partial charge on any atom is 0.333 e. The van der Waals surface area contributed by atoms with Crippen LogP contribution < -0.4 is 16.6 Å². The van der Waals surface area contributed by atoms with Gasteiger partial charge >= 0.3 is 11.7 Å². The second-order valence-corrected chi connectivity index (χ2v) is 7.28. The van der Waals surface area contributed by atoms with Crippen molar-refractivity contribution in [2.45, 2.75) is 12.6 Å². The van der Waals surface area contributed by atoms with Crippen molar-refractivity contribution in [3.8, 4) is 0 Å². The molecule has 1 aromatic carbocycles. The number of imidazole rings is 1. The lowest BCUT2D eigenvalue weighted by Crippen LogP contribution is -2.37. The molecule has 3 aromatic heterocycles. The number of benzene rings is 1. The Morgan fingerprint density at radius 3 is 2.55 bits per heavy atom. The summed E-state index contributed by atoms with van der Waals surface area (Å²) in [7, 11) is 2.90. The van der Waals surface area contributed by atoms with Crippen LogP contribution in [0.2, 0.25) is 0 Å². The first-order chi connectivity index (χ1) is 15.9. The number of aryl methyl sites for hydroxylation is 1. The van der Waals surface area contributed by atoms with Crippen LogP contribution in [0.3, 0.4) is 0 Å². The summed E-state index contributed by atoms with van der Waals surface area (Å²) in [5, 5.41) is 2.62. The molecule has 0 aliphatic heterocycles. The summed E-state index contributed by atoms with van der Waals surface area (Å²) in [4.78, 5) is 54.0. The van der Waals surface area contributed by atoms with Crippen molar-refractivity contribution in [1.29, 1.82) is 0 Å². The quantitative estimate of drug-likeness (QED) is 0.410. The van der Waals surface area contributed by atoms with E-state index < -0.39 is 29.2 Å². The number of carbonyl (C=O) groups is 2.